The minimum atomic E-state index is 0.381. The fourth-order valence-corrected chi connectivity index (χ4v) is 0.707. The molecule has 0 aromatic heterocycles. The van der Waals surface area contributed by atoms with Gasteiger partial charge in [0.25, 0.3) is 0 Å². The highest BCUT2D eigenvalue weighted by molar-refractivity contribution is 5.98. The van der Waals surface area contributed by atoms with Crippen LogP contribution in [0.4, 0.5) is 0 Å². The van der Waals surface area contributed by atoms with E-state index in [1.165, 1.54) is 5.92 Å². The van der Waals surface area contributed by atoms with Crippen molar-refractivity contribution >= 4 is 10.5 Å². The van der Waals surface area contributed by atoms with Crippen LogP contribution in [0.25, 0.3) is 0 Å². The molecule has 0 N–H and O–H groups in total. The van der Waals surface area contributed by atoms with Gasteiger partial charge in [0.15, 0.2) is 0 Å². The summed E-state index contributed by atoms with van der Waals surface area (Å²) in [4.78, 5) is 0. The van der Waals surface area contributed by atoms with Gasteiger partial charge in [0.2, 0.25) is 0 Å². The number of hydrogen-bond acceptors (Lipinski definition) is 1. The molecule has 1 radical (unpaired) electrons. The van der Waals surface area contributed by atoms with Gasteiger partial charge >= 0.3 is 0 Å². The van der Waals surface area contributed by atoms with E-state index in [1.54, 1.807) is 0 Å². The summed E-state index contributed by atoms with van der Waals surface area (Å²) < 4.78 is 5.11. The lowest BCUT2D eigenvalue weighted by Crippen LogP contribution is -2.10. The highest BCUT2D eigenvalue weighted by atomic mass is 28.2. The highest BCUT2D eigenvalue weighted by Gasteiger charge is 2.02. The average Bonchev–Trinajstić information content (AvgIpc) is 1.65. The first kappa shape index (κ1) is 7.18. The standard InChI is InChI=1S/C5H13OSi/c1-4(2)5(3)6-7/h5H,1-3,7H3. The van der Waals surface area contributed by atoms with Gasteiger partial charge in [0, 0.05) is 6.10 Å². The van der Waals surface area contributed by atoms with E-state index in [4.69, 9.17) is 4.43 Å². The molecule has 43 valence electrons. The summed E-state index contributed by atoms with van der Waals surface area (Å²) in [5, 5.41) is 0. The summed E-state index contributed by atoms with van der Waals surface area (Å²) in [5.74, 6) is 1.36. The maximum Gasteiger partial charge on any atom is 0.146 e. The molecule has 0 heterocycles. The van der Waals surface area contributed by atoms with Crippen LogP contribution in [0.2, 0.25) is 0 Å². The molecule has 0 saturated heterocycles. The Balaban J connectivity index is 3.14. The van der Waals surface area contributed by atoms with Crippen LogP contribution in [0.5, 0.6) is 0 Å². The minimum absolute atomic E-state index is 0.381. The first-order chi connectivity index (χ1) is 3.18. The van der Waals surface area contributed by atoms with Crippen molar-refractivity contribution in [3.63, 3.8) is 0 Å². The van der Waals surface area contributed by atoms with Crippen molar-refractivity contribution in [2.45, 2.75) is 26.9 Å². The largest absolute Gasteiger partial charge is 0.425 e. The third kappa shape index (κ3) is 2.82. The maximum absolute atomic E-state index is 5.11. The molecule has 0 spiro atoms. The van der Waals surface area contributed by atoms with Crippen molar-refractivity contribution in [2.24, 2.45) is 0 Å². The second-order valence-electron chi connectivity index (χ2n) is 1.96. The summed E-state index contributed by atoms with van der Waals surface area (Å²) in [5.41, 5.74) is 0. The van der Waals surface area contributed by atoms with Gasteiger partial charge in [0.1, 0.15) is 10.5 Å². The van der Waals surface area contributed by atoms with Crippen molar-refractivity contribution in [1.29, 1.82) is 0 Å². The van der Waals surface area contributed by atoms with E-state index in [0.717, 1.165) is 10.5 Å². The normalized spacial score (nSPS) is 15.4. The molecule has 0 saturated carbocycles. The fraction of sp³-hybridized carbons (Fsp3) is 0.800. The van der Waals surface area contributed by atoms with E-state index in [-0.39, 0.29) is 0 Å². The second-order valence-corrected chi connectivity index (χ2v) is 2.43. The van der Waals surface area contributed by atoms with Crippen molar-refractivity contribution in [1.82, 2.24) is 0 Å². The molecule has 0 fully saturated rings. The van der Waals surface area contributed by atoms with Gasteiger partial charge in [-0.05, 0) is 12.8 Å². The van der Waals surface area contributed by atoms with Gasteiger partial charge < -0.3 is 4.43 Å². The molecule has 0 rings (SSSR count). The summed E-state index contributed by atoms with van der Waals surface area (Å²) in [6, 6.07) is 0. The summed E-state index contributed by atoms with van der Waals surface area (Å²) in [7, 11) is 0.850. The molecule has 7 heavy (non-hydrogen) atoms. The number of rotatable bonds is 2. The zero-order chi connectivity index (χ0) is 5.86. The number of hydrogen-bond donors (Lipinski definition) is 0. The Morgan fingerprint density at radius 1 is 1.57 bits per heavy atom. The molecule has 0 bridgehead atoms. The lowest BCUT2D eigenvalue weighted by Gasteiger charge is -2.11. The molecule has 1 atom stereocenters. The van der Waals surface area contributed by atoms with E-state index >= 15 is 0 Å². The predicted molar refractivity (Wildman–Crippen MR) is 35.1 cm³/mol. The van der Waals surface area contributed by atoms with Gasteiger partial charge in [-0.25, -0.2) is 0 Å². The van der Waals surface area contributed by atoms with Crippen LogP contribution in [-0.4, -0.2) is 16.6 Å². The van der Waals surface area contributed by atoms with Crippen LogP contribution < -0.4 is 0 Å². The van der Waals surface area contributed by atoms with Crippen LogP contribution >= 0.6 is 0 Å². The maximum atomic E-state index is 5.11. The molecule has 1 unspecified atom stereocenters. The van der Waals surface area contributed by atoms with Crippen molar-refractivity contribution < 1.29 is 4.43 Å². The van der Waals surface area contributed by atoms with Gasteiger partial charge in [-0.15, -0.1) is 0 Å². The summed E-state index contributed by atoms with van der Waals surface area (Å²) in [6.45, 7) is 6.24. The topological polar surface area (TPSA) is 9.23 Å². The zero-order valence-electron chi connectivity index (χ0n) is 5.49. The quantitative estimate of drug-likeness (QED) is 0.472. The van der Waals surface area contributed by atoms with Crippen LogP contribution in [0.15, 0.2) is 0 Å². The molecule has 1 nitrogen and oxygen atoms in total. The van der Waals surface area contributed by atoms with Crippen LogP contribution in [0.3, 0.4) is 0 Å². The van der Waals surface area contributed by atoms with E-state index in [2.05, 4.69) is 20.8 Å². The van der Waals surface area contributed by atoms with Crippen LogP contribution in [-0.2, 0) is 4.43 Å². The third-order valence-electron chi connectivity index (χ3n) is 1.17. The van der Waals surface area contributed by atoms with Gasteiger partial charge in [0.05, 0.1) is 0 Å². The summed E-state index contributed by atoms with van der Waals surface area (Å²) in [6.07, 6.45) is 0.381. The lowest BCUT2D eigenvalue weighted by atomic mass is 10.1. The second kappa shape index (κ2) is 3.21. The Morgan fingerprint density at radius 3 is 2.00 bits per heavy atom. The van der Waals surface area contributed by atoms with Gasteiger partial charge in [-0.3, -0.25) is 0 Å². The molecule has 2 heteroatoms. The molecule has 0 aliphatic carbocycles. The Bertz CT molecular complexity index is 45.3. The molecule has 0 aromatic carbocycles. The monoisotopic (exact) mass is 117 g/mol. The molecule has 0 aliphatic heterocycles. The van der Waals surface area contributed by atoms with E-state index in [0.29, 0.717) is 6.10 Å². The molecule has 0 amide bonds. The third-order valence-corrected chi connectivity index (χ3v) is 1.87. The minimum Gasteiger partial charge on any atom is -0.425 e. The van der Waals surface area contributed by atoms with E-state index in [1.807, 2.05) is 0 Å². The van der Waals surface area contributed by atoms with Gasteiger partial charge in [-0.1, -0.05) is 13.8 Å². The Labute approximate surface area is 48.6 Å². The summed E-state index contributed by atoms with van der Waals surface area (Å²) >= 11 is 0. The molecule has 0 aliphatic rings. The van der Waals surface area contributed by atoms with Crippen molar-refractivity contribution in [3.05, 3.63) is 5.92 Å². The van der Waals surface area contributed by atoms with Crippen LogP contribution in [0, 0.1) is 5.92 Å². The molecular formula is C5H13OSi. The van der Waals surface area contributed by atoms with Crippen LogP contribution in [0.1, 0.15) is 20.8 Å². The lowest BCUT2D eigenvalue weighted by molar-refractivity contribution is 0.259. The SMILES string of the molecule is C[C](C)C(C)O[SiH3]. The first-order valence-corrected chi connectivity index (χ1v) is 3.33. The molecule has 0 aromatic rings. The van der Waals surface area contributed by atoms with Gasteiger partial charge in [-0.2, -0.15) is 0 Å². The fourth-order valence-electron chi connectivity index (χ4n) is 0.236. The highest BCUT2D eigenvalue weighted by Crippen LogP contribution is 2.04. The zero-order valence-corrected chi connectivity index (χ0v) is 7.49. The van der Waals surface area contributed by atoms with E-state index < -0.39 is 0 Å². The smallest absolute Gasteiger partial charge is 0.146 e. The van der Waals surface area contributed by atoms with E-state index in [9.17, 15) is 0 Å². The predicted octanol–water partition coefficient (Wildman–Crippen LogP) is 0.286. The molecular weight excluding hydrogens is 104 g/mol. The Morgan fingerprint density at radius 2 is 2.00 bits per heavy atom. The Kier molecular flexibility index (Phi) is 3.30. The first-order valence-electron chi connectivity index (χ1n) is 2.51. The van der Waals surface area contributed by atoms with Crippen molar-refractivity contribution in [2.75, 3.05) is 0 Å². The Hall–Kier alpha value is 0.177. The van der Waals surface area contributed by atoms with Crippen molar-refractivity contribution in [3.8, 4) is 0 Å². The average molecular weight is 117 g/mol.